The van der Waals surface area contributed by atoms with Crippen LogP contribution in [0.25, 0.3) is 11.0 Å². The molecule has 9 nitrogen and oxygen atoms in total. The first-order chi connectivity index (χ1) is 14.3. The molecule has 0 unspecified atom stereocenters. The van der Waals surface area contributed by atoms with Gasteiger partial charge < -0.3 is 14.5 Å². The highest BCUT2D eigenvalue weighted by molar-refractivity contribution is 7.89. The molecule has 3 aromatic rings. The number of carbonyl (C=O) groups excluding carboxylic acids is 1. The number of amides is 1. The summed E-state index contributed by atoms with van der Waals surface area (Å²) >= 11 is 0. The van der Waals surface area contributed by atoms with Gasteiger partial charge in [-0.05, 0) is 30.2 Å². The van der Waals surface area contributed by atoms with Gasteiger partial charge in [-0.25, -0.2) is 13.4 Å². The molecule has 0 saturated heterocycles. The van der Waals surface area contributed by atoms with Crippen molar-refractivity contribution in [2.45, 2.75) is 24.8 Å². The van der Waals surface area contributed by atoms with E-state index < -0.39 is 22.0 Å². The molecule has 4 rings (SSSR count). The molecule has 2 heterocycles. The molecule has 3 N–H and O–H groups in total. The van der Waals surface area contributed by atoms with E-state index >= 15 is 0 Å². The Hall–Kier alpha value is -3.11. The first kappa shape index (κ1) is 20.2. The van der Waals surface area contributed by atoms with Gasteiger partial charge in [0.2, 0.25) is 21.9 Å². The van der Waals surface area contributed by atoms with Crippen LogP contribution in [0.2, 0.25) is 0 Å². The van der Waals surface area contributed by atoms with Crippen molar-refractivity contribution in [2.75, 3.05) is 18.5 Å². The van der Waals surface area contributed by atoms with Crippen LogP contribution >= 0.6 is 0 Å². The molecular weight excluding hydrogens is 408 g/mol. The van der Waals surface area contributed by atoms with Crippen LogP contribution in [-0.4, -0.2) is 43.5 Å². The molecule has 1 aliphatic rings. The van der Waals surface area contributed by atoms with Crippen molar-refractivity contribution in [3.8, 4) is 11.5 Å². The highest BCUT2D eigenvalue weighted by Crippen LogP contribution is 2.32. The number of imidazole rings is 1. The summed E-state index contributed by atoms with van der Waals surface area (Å²) in [5.41, 5.74) is 1.47. The van der Waals surface area contributed by atoms with E-state index in [2.05, 4.69) is 20.0 Å². The smallest absolute Gasteiger partial charge is 0.245 e. The van der Waals surface area contributed by atoms with Gasteiger partial charge in [-0.1, -0.05) is 26.0 Å². The second-order valence-electron chi connectivity index (χ2n) is 7.24. The molecule has 10 heteroatoms. The number of aromatic amines is 1. The number of ether oxygens (including phenoxy) is 2. The number of hydrogen-bond acceptors (Lipinski definition) is 6. The topological polar surface area (TPSA) is 122 Å². The zero-order valence-corrected chi connectivity index (χ0v) is 17.3. The van der Waals surface area contributed by atoms with Gasteiger partial charge in [-0.3, -0.25) is 10.1 Å². The SMILES string of the molecule is CC(C)[C@@H](NS(=O)(=O)c1ccc2c(c1)OCCO2)C(=O)Nc1nc2ccccc2[nH]1. The lowest BCUT2D eigenvalue weighted by Gasteiger charge is -2.22. The number of aromatic nitrogens is 2. The molecule has 30 heavy (non-hydrogen) atoms. The highest BCUT2D eigenvalue weighted by Gasteiger charge is 2.30. The maximum absolute atomic E-state index is 12.9. The molecule has 0 bridgehead atoms. The number of benzene rings is 2. The molecule has 0 fully saturated rings. The maximum atomic E-state index is 12.9. The summed E-state index contributed by atoms with van der Waals surface area (Å²) < 4.78 is 39.2. The van der Waals surface area contributed by atoms with E-state index in [1.807, 2.05) is 24.3 Å². The summed E-state index contributed by atoms with van der Waals surface area (Å²) in [6.45, 7) is 4.28. The van der Waals surface area contributed by atoms with Crippen LogP contribution in [0, 0.1) is 5.92 Å². The molecule has 0 aliphatic carbocycles. The fourth-order valence-electron chi connectivity index (χ4n) is 3.12. The Morgan fingerprint density at radius 1 is 1.10 bits per heavy atom. The summed E-state index contributed by atoms with van der Waals surface area (Å²) in [6, 6.07) is 10.7. The molecule has 1 amide bonds. The Morgan fingerprint density at radius 2 is 1.83 bits per heavy atom. The summed E-state index contributed by atoms with van der Waals surface area (Å²) in [5, 5.41) is 2.66. The summed E-state index contributed by atoms with van der Waals surface area (Å²) in [6.07, 6.45) is 0. The molecule has 1 aliphatic heterocycles. The fourth-order valence-corrected chi connectivity index (χ4v) is 4.48. The van der Waals surface area contributed by atoms with Gasteiger partial charge in [-0.2, -0.15) is 4.72 Å². The van der Waals surface area contributed by atoms with Crippen molar-refractivity contribution in [2.24, 2.45) is 5.92 Å². The third-order valence-corrected chi connectivity index (χ3v) is 6.12. The number of carbonyl (C=O) groups is 1. The largest absolute Gasteiger partial charge is 0.486 e. The maximum Gasteiger partial charge on any atom is 0.245 e. The van der Waals surface area contributed by atoms with Gasteiger partial charge in [0.05, 0.1) is 15.9 Å². The van der Waals surface area contributed by atoms with Crippen molar-refractivity contribution in [1.29, 1.82) is 0 Å². The van der Waals surface area contributed by atoms with Gasteiger partial charge in [0, 0.05) is 6.07 Å². The number of sulfonamides is 1. The Bertz CT molecular complexity index is 1160. The number of nitrogens with one attached hydrogen (secondary N) is 3. The van der Waals surface area contributed by atoms with Crippen LogP contribution in [0.4, 0.5) is 5.95 Å². The summed E-state index contributed by atoms with van der Waals surface area (Å²) in [4.78, 5) is 20.1. The first-order valence-corrected chi connectivity index (χ1v) is 11.0. The van der Waals surface area contributed by atoms with Crippen LogP contribution in [-0.2, 0) is 14.8 Å². The van der Waals surface area contributed by atoms with Gasteiger partial charge >= 0.3 is 0 Å². The van der Waals surface area contributed by atoms with E-state index in [1.54, 1.807) is 19.9 Å². The second-order valence-corrected chi connectivity index (χ2v) is 8.95. The zero-order chi connectivity index (χ0) is 21.3. The van der Waals surface area contributed by atoms with Crippen LogP contribution in [0.15, 0.2) is 47.4 Å². The van der Waals surface area contributed by atoms with Crippen molar-refractivity contribution in [1.82, 2.24) is 14.7 Å². The van der Waals surface area contributed by atoms with E-state index in [0.717, 1.165) is 5.52 Å². The van der Waals surface area contributed by atoms with Crippen molar-refractivity contribution >= 4 is 32.9 Å². The summed E-state index contributed by atoms with van der Waals surface area (Å²) in [5.74, 6) is 0.289. The number of fused-ring (bicyclic) bond motifs is 2. The van der Waals surface area contributed by atoms with E-state index in [4.69, 9.17) is 9.47 Å². The number of para-hydroxylation sites is 2. The van der Waals surface area contributed by atoms with E-state index in [0.29, 0.717) is 30.2 Å². The molecular formula is C20H22N4O5S. The number of anilines is 1. The standard InChI is InChI=1S/C20H22N4O5S/c1-12(2)18(19(25)23-20-21-14-5-3-4-6-15(14)22-20)24-30(26,27)13-7-8-16-17(11-13)29-10-9-28-16/h3-8,11-12,18,24H,9-10H2,1-2H3,(H2,21,22,23,25)/t18-/m1/s1. The normalized spacial score (nSPS) is 14.6. The van der Waals surface area contributed by atoms with Gasteiger partial charge in [0.15, 0.2) is 11.5 Å². The third kappa shape index (κ3) is 4.10. The number of H-pyrrole nitrogens is 1. The van der Waals surface area contributed by atoms with E-state index in [-0.39, 0.29) is 16.8 Å². The number of nitrogens with zero attached hydrogens (tertiary/aromatic N) is 1. The lowest BCUT2D eigenvalue weighted by molar-refractivity contribution is -0.118. The molecule has 0 spiro atoms. The fraction of sp³-hybridized carbons (Fsp3) is 0.300. The van der Waals surface area contributed by atoms with Crippen LogP contribution < -0.4 is 19.5 Å². The Balaban J connectivity index is 1.54. The molecule has 1 atom stereocenters. The van der Waals surface area contributed by atoms with Crippen LogP contribution in [0.5, 0.6) is 11.5 Å². The van der Waals surface area contributed by atoms with Crippen molar-refractivity contribution < 1.29 is 22.7 Å². The Kier molecular flexibility index (Phi) is 5.35. The second kappa shape index (κ2) is 7.96. The van der Waals surface area contributed by atoms with Gasteiger partial charge in [-0.15, -0.1) is 0 Å². The summed E-state index contributed by atoms with van der Waals surface area (Å²) in [7, 11) is -3.98. The van der Waals surface area contributed by atoms with E-state index in [1.165, 1.54) is 12.1 Å². The Labute approximate surface area is 173 Å². The quantitative estimate of drug-likeness (QED) is 0.551. The minimum atomic E-state index is -3.98. The average molecular weight is 430 g/mol. The average Bonchev–Trinajstić information content (AvgIpc) is 3.13. The van der Waals surface area contributed by atoms with Gasteiger partial charge in [0.1, 0.15) is 19.3 Å². The predicted molar refractivity (Wildman–Crippen MR) is 111 cm³/mol. The lowest BCUT2D eigenvalue weighted by Crippen LogP contribution is -2.47. The third-order valence-electron chi connectivity index (χ3n) is 4.69. The monoisotopic (exact) mass is 430 g/mol. The predicted octanol–water partition coefficient (Wildman–Crippen LogP) is 2.28. The molecule has 0 radical (unpaired) electrons. The van der Waals surface area contributed by atoms with E-state index in [9.17, 15) is 13.2 Å². The molecule has 0 saturated carbocycles. The Morgan fingerprint density at radius 3 is 2.57 bits per heavy atom. The van der Waals surface area contributed by atoms with Crippen LogP contribution in [0.1, 0.15) is 13.8 Å². The minimum absolute atomic E-state index is 0.00561. The molecule has 158 valence electrons. The number of rotatable bonds is 6. The first-order valence-electron chi connectivity index (χ1n) is 9.51. The molecule has 2 aromatic carbocycles. The van der Waals surface area contributed by atoms with Crippen molar-refractivity contribution in [3.63, 3.8) is 0 Å². The minimum Gasteiger partial charge on any atom is -0.486 e. The number of hydrogen-bond donors (Lipinski definition) is 3. The van der Waals surface area contributed by atoms with Crippen LogP contribution in [0.3, 0.4) is 0 Å². The van der Waals surface area contributed by atoms with Gasteiger partial charge in [0.25, 0.3) is 0 Å². The molecule has 1 aromatic heterocycles. The van der Waals surface area contributed by atoms with Crippen molar-refractivity contribution in [3.05, 3.63) is 42.5 Å². The zero-order valence-electron chi connectivity index (χ0n) is 16.5. The highest BCUT2D eigenvalue weighted by atomic mass is 32.2. The lowest BCUT2D eigenvalue weighted by atomic mass is 10.1.